The summed E-state index contributed by atoms with van der Waals surface area (Å²) in [5.74, 6) is -0.677. The van der Waals surface area contributed by atoms with E-state index in [4.69, 9.17) is 9.84 Å². The van der Waals surface area contributed by atoms with Crippen molar-refractivity contribution >= 4 is 5.91 Å². The van der Waals surface area contributed by atoms with Crippen molar-refractivity contribution in [2.45, 2.75) is 59.2 Å². The van der Waals surface area contributed by atoms with Crippen LogP contribution in [0.1, 0.15) is 53.1 Å². The van der Waals surface area contributed by atoms with Gasteiger partial charge >= 0.3 is 0 Å². The molecule has 2 heterocycles. The number of aromatic nitrogens is 2. The topological polar surface area (TPSA) is 59.4 Å². The number of nitrogens with zero attached hydrogens (tertiary/aromatic N) is 3. The number of aryl methyl sites for hydroxylation is 1. The summed E-state index contributed by atoms with van der Waals surface area (Å²) in [5, 5.41) is 8.06. The quantitative estimate of drug-likeness (QED) is 0.740. The first-order valence-electron chi connectivity index (χ1n) is 11.5. The smallest absolute Gasteiger partial charge is 0.274 e. The zero-order valence-electron chi connectivity index (χ0n) is 19.1. The van der Waals surface area contributed by atoms with Crippen LogP contribution in [0, 0.1) is 24.5 Å². The lowest BCUT2D eigenvalue weighted by molar-refractivity contribution is 0.0297. The zero-order chi connectivity index (χ0) is 22.8. The molecule has 0 saturated carbocycles. The molecule has 2 aromatic rings. The number of carbonyl (C=O) groups excluding carboxylic acids is 1. The van der Waals surface area contributed by atoms with Crippen LogP contribution >= 0.6 is 0 Å². The van der Waals surface area contributed by atoms with Crippen LogP contribution in [0.25, 0.3) is 0 Å². The van der Waals surface area contributed by atoms with Crippen LogP contribution in [0.5, 0.6) is 0 Å². The van der Waals surface area contributed by atoms with Gasteiger partial charge in [-0.15, -0.1) is 0 Å². The highest BCUT2D eigenvalue weighted by Gasteiger charge is 2.32. The van der Waals surface area contributed by atoms with Crippen molar-refractivity contribution < 1.29 is 18.3 Å². The number of hydrogen-bond donors (Lipinski definition) is 1. The molecule has 1 saturated heterocycles. The number of amides is 1. The molecule has 1 aromatic carbocycles. The van der Waals surface area contributed by atoms with E-state index < -0.39 is 11.6 Å². The Labute approximate surface area is 187 Å². The Morgan fingerprint density at radius 1 is 1.28 bits per heavy atom. The molecule has 4 rings (SSSR count). The van der Waals surface area contributed by atoms with Gasteiger partial charge in [-0.3, -0.25) is 9.48 Å². The summed E-state index contributed by atoms with van der Waals surface area (Å²) in [4.78, 5) is 15.1. The monoisotopic (exact) mass is 446 g/mol. The fourth-order valence-corrected chi connectivity index (χ4v) is 4.57. The molecule has 1 aliphatic heterocycles. The summed E-state index contributed by atoms with van der Waals surface area (Å²) >= 11 is 0. The van der Waals surface area contributed by atoms with Crippen molar-refractivity contribution in [2.75, 3.05) is 26.3 Å². The minimum Gasteiger partial charge on any atom is -0.378 e. The molecule has 1 fully saturated rings. The lowest BCUT2D eigenvalue weighted by Crippen LogP contribution is -2.41. The summed E-state index contributed by atoms with van der Waals surface area (Å²) in [6.07, 6.45) is 2.23. The van der Waals surface area contributed by atoms with Gasteiger partial charge in [-0.1, -0.05) is 19.9 Å². The van der Waals surface area contributed by atoms with Gasteiger partial charge in [0.15, 0.2) is 5.69 Å². The Bertz CT molecular complexity index is 983. The Kier molecular flexibility index (Phi) is 6.90. The summed E-state index contributed by atoms with van der Waals surface area (Å²) < 4.78 is 35.9. The Morgan fingerprint density at radius 3 is 2.75 bits per heavy atom. The number of fused-ring (bicyclic) bond motifs is 1. The molecule has 0 unspecified atom stereocenters. The minimum atomic E-state index is -0.537. The third kappa shape index (κ3) is 4.71. The first kappa shape index (κ1) is 22.9. The third-order valence-electron chi connectivity index (χ3n) is 6.33. The molecule has 1 aromatic heterocycles. The van der Waals surface area contributed by atoms with E-state index in [1.54, 1.807) is 11.8 Å². The highest BCUT2D eigenvalue weighted by Crippen LogP contribution is 2.27. The van der Waals surface area contributed by atoms with Crippen LogP contribution in [0.3, 0.4) is 0 Å². The first-order valence-corrected chi connectivity index (χ1v) is 11.5. The summed E-state index contributed by atoms with van der Waals surface area (Å²) in [6, 6.07) is 2.78. The molecule has 32 heavy (non-hydrogen) atoms. The first-order chi connectivity index (χ1) is 15.3. The average Bonchev–Trinajstić information content (AvgIpc) is 3.13. The molecular formula is C24H32F2N4O2. The molecule has 0 spiro atoms. The van der Waals surface area contributed by atoms with E-state index in [0.717, 1.165) is 30.6 Å². The molecule has 8 heteroatoms. The van der Waals surface area contributed by atoms with Gasteiger partial charge in [-0.05, 0) is 43.7 Å². The van der Waals surface area contributed by atoms with Crippen LogP contribution < -0.4 is 5.32 Å². The van der Waals surface area contributed by atoms with Gasteiger partial charge in [0.2, 0.25) is 0 Å². The molecule has 1 aliphatic carbocycles. The van der Waals surface area contributed by atoms with Crippen molar-refractivity contribution in [3.8, 4) is 0 Å². The molecule has 1 N–H and O–H groups in total. The van der Waals surface area contributed by atoms with Crippen LogP contribution in [-0.2, 0) is 30.7 Å². The van der Waals surface area contributed by atoms with Crippen LogP contribution in [0.4, 0.5) is 8.78 Å². The number of nitrogens with one attached hydrogen (secondary N) is 1. The van der Waals surface area contributed by atoms with Crippen LogP contribution in [0.15, 0.2) is 12.1 Å². The predicted octanol–water partition coefficient (Wildman–Crippen LogP) is 3.25. The molecule has 1 amide bonds. The van der Waals surface area contributed by atoms with E-state index in [-0.39, 0.29) is 24.1 Å². The molecule has 0 bridgehead atoms. The maximum atomic E-state index is 14.4. The van der Waals surface area contributed by atoms with Gasteiger partial charge in [0.1, 0.15) is 11.6 Å². The lowest BCUT2D eigenvalue weighted by Gasteiger charge is -2.28. The van der Waals surface area contributed by atoms with Crippen LogP contribution in [-0.4, -0.2) is 52.9 Å². The van der Waals surface area contributed by atoms with E-state index >= 15 is 0 Å². The molecular weight excluding hydrogens is 414 g/mol. The maximum absolute atomic E-state index is 14.4. The van der Waals surface area contributed by atoms with E-state index in [1.165, 1.54) is 12.1 Å². The molecule has 174 valence electrons. The molecule has 1 atom stereocenters. The highest BCUT2D eigenvalue weighted by molar-refractivity contribution is 5.94. The van der Waals surface area contributed by atoms with E-state index in [2.05, 4.69) is 19.2 Å². The highest BCUT2D eigenvalue weighted by atomic mass is 19.1. The summed E-state index contributed by atoms with van der Waals surface area (Å²) in [5.41, 5.74) is 3.10. The van der Waals surface area contributed by atoms with Gasteiger partial charge in [-0.25, -0.2) is 8.78 Å². The van der Waals surface area contributed by atoms with E-state index in [1.807, 2.05) is 4.68 Å². The van der Waals surface area contributed by atoms with Crippen molar-refractivity contribution in [3.05, 3.63) is 51.8 Å². The minimum absolute atomic E-state index is 0.0229. The second kappa shape index (κ2) is 9.67. The van der Waals surface area contributed by atoms with Gasteiger partial charge < -0.3 is 15.0 Å². The number of rotatable bonds is 6. The lowest BCUT2D eigenvalue weighted by atomic mass is 9.90. The Morgan fingerprint density at radius 2 is 2.03 bits per heavy atom. The average molecular weight is 447 g/mol. The van der Waals surface area contributed by atoms with Crippen molar-refractivity contribution in [3.63, 3.8) is 0 Å². The van der Waals surface area contributed by atoms with Gasteiger partial charge in [0.05, 0.1) is 13.2 Å². The molecule has 2 aliphatic rings. The Balaban J connectivity index is 1.55. The predicted molar refractivity (Wildman–Crippen MR) is 118 cm³/mol. The second-order valence-corrected chi connectivity index (χ2v) is 9.23. The van der Waals surface area contributed by atoms with E-state index in [0.29, 0.717) is 49.9 Å². The molecule has 6 nitrogen and oxygen atoms in total. The van der Waals surface area contributed by atoms with Gasteiger partial charge in [-0.2, -0.15) is 5.10 Å². The third-order valence-corrected chi connectivity index (χ3v) is 6.33. The summed E-state index contributed by atoms with van der Waals surface area (Å²) in [7, 11) is 0. The van der Waals surface area contributed by atoms with Gasteiger partial charge in [0, 0.05) is 49.0 Å². The normalized spacial score (nSPS) is 18.8. The van der Waals surface area contributed by atoms with Crippen molar-refractivity contribution in [1.29, 1.82) is 0 Å². The van der Waals surface area contributed by atoms with Crippen molar-refractivity contribution in [1.82, 2.24) is 20.0 Å². The number of halogens is 2. The van der Waals surface area contributed by atoms with Crippen molar-refractivity contribution in [2.24, 2.45) is 5.92 Å². The van der Waals surface area contributed by atoms with E-state index in [9.17, 15) is 13.6 Å². The number of hydrogen-bond acceptors (Lipinski definition) is 4. The second-order valence-electron chi connectivity index (χ2n) is 9.23. The number of benzene rings is 1. The van der Waals surface area contributed by atoms with Crippen LogP contribution in [0.2, 0.25) is 0 Å². The fourth-order valence-electron chi connectivity index (χ4n) is 4.57. The largest absolute Gasteiger partial charge is 0.378 e. The SMILES string of the molecule is Cc1ccc(F)c(CN[C@H]2CCc3c(c(C(=O)N4CCOCC4)nn3CC(C)C)C2)c1F. The summed E-state index contributed by atoms with van der Waals surface area (Å²) in [6.45, 7) is 9.00. The van der Waals surface area contributed by atoms with Gasteiger partial charge in [0.25, 0.3) is 5.91 Å². The number of ether oxygens (including phenoxy) is 1. The number of carbonyl (C=O) groups is 1. The Hall–Kier alpha value is -2.32. The zero-order valence-corrected chi connectivity index (χ0v) is 19.1. The number of morpholine rings is 1. The maximum Gasteiger partial charge on any atom is 0.274 e. The fraction of sp³-hybridized carbons (Fsp3) is 0.583. The molecule has 0 radical (unpaired) electrons. The standard InChI is InChI=1S/C24H32F2N4O2/c1-15(2)14-30-21-7-5-17(27-13-19-20(25)6-4-16(3)22(19)26)12-18(21)23(28-30)24(31)29-8-10-32-11-9-29/h4,6,15,17,27H,5,7-14H2,1-3H3/t17-/m0/s1.